The van der Waals surface area contributed by atoms with Gasteiger partial charge < -0.3 is 14.8 Å². The summed E-state index contributed by atoms with van der Waals surface area (Å²) in [7, 11) is 4.86. The predicted molar refractivity (Wildman–Crippen MR) is 99.6 cm³/mol. The van der Waals surface area contributed by atoms with Crippen molar-refractivity contribution >= 4 is 35.3 Å². The van der Waals surface area contributed by atoms with E-state index in [1.807, 2.05) is 12.1 Å². The molecule has 0 saturated heterocycles. The number of ether oxygens (including phenoxy) is 2. The zero-order chi connectivity index (χ0) is 17.7. The van der Waals surface area contributed by atoms with Crippen molar-refractivity contribution in [1.82, 2.24) is 4.98 Å². The SMILES string of the molecule is C=C(c1cc(OC)c(C=S)c(OC)c1)c1cnc(NC)cc1C=O. The van der Waals surface area contributed by atoms with Crippen LogP contribution in [0.25, 0.3) is 5.57 Å². The van der Waals surface area contributed by atoms with Gasteiger partial charge in [-0.25, -0.2) is 4.98 Å². The van der Waals surface area contributed by atoms with Crippen LogP contribution >= 0.6 is 12.2 Å². The lowest BCUT2D eigenvalue weighted by molar-refractivity contribution is 0.112. The normalized spacial score (nSPS) is 9.96. The average Bonchev–Trinajstić information content (AvgIpc) is 2.65. The maximum Gasteiger partial charge on any atom is 0.150 e. The third kappa shape index (κ3) is 3.28. The molecule has 1 N–H and O–H groups in total. The lowest BCUT2D eigenvalue weighted by atomic mass is 9.95. The Kier molecular flexibility index (Phi) is 5.65. The Balaban J connectivity index is 2.58. The van der Waals surface area contributed by atoms with E-state index in [1.54, 1.807) is 33.5 Å². The number of nitrogens with one attached hydrogen (secondary N) is 1. The minimum absolute atomic E-state index is 0.496. The minimum Gasteiger partial charge on any atom is -0.496 e. The fraction of sp³-hybridized carbons (Fsp3) is 0.167. The van der Waals surface area contributed by atoms with E-state index in [-0.39, 0.29) is 0 Å². The van der Waals surface area contributed by atoms with Crippen LogP contribution in [0.15, 0.2) is 31.0 Å². The third-order valence-electron chi connectivity index (χ3n) is 3.65. The van der Waals surface area contributed by atoms with E-state index in [0.717, 1.165) is 11.8 Å². The highest BCUT2D eigenvalue weighted by atomic mass is 32.1. The van der Waals surface area contributed by atoms with Crippen LogP contribution in [0.1, 0.15) is 27.0 Å². The smallest absolute Gasteiger partial charge is 0.150 e. The predicted octanol–water partition coefficient (Wildman–Crippen LogP) is 3.36. The quantitative estimate of drug-likeness (QED) is 0.615. The van der Waals surface area contributed by atoms with Crippen LogP contribution in [0.2, 0.25) is 0 Å². The number of carbonyl (C=O) groups excluding carboxylic acids is 1. The lowest BCUT2D eigenvalue weighted by Crippen LogP contribution is -2.01. The summed E-state index contributed by atoms with van der Waals surface area (Å²) in [5, 5.41) is 4.41. The van der Waals surface area contributed by atoms with Crippen molar-refractivity contribution in [3.05, 3.63) is 53.2 Å². The first-order chi connectivity index (χ1) is 11.6. The number of thiocarbonyl (C=S) groups is 1. The molecule has 0 atom stereocenters. The standard InChI is InChI=1S/C18H18N2O3S/c1-11(14-8-20-18(19-2)7-13(14)9-21)12-5-16(22-3)15(10-24)17(6-12)23-4/h5-10H,1H2,2-4H3,(H,19,20). The molecule has 0 aliphatic heterocycles. The van der Waals surface area contributed by atoms with Crippen molar-refractivity contribution in [2.45, 2.75) is 0 Å². The number of rotatable bonds is 7. The second-order valence-electron chi connectivity index (χ2n) is 4.92. The van der Waals surface area contributed by atoms with Crippen LogP contribution in [0.5, 0.6) is 11.5 Å². The largest absolute Gasteiger partial charge is 0.496 e. The van der Waals surface area contributed by atoms with E-state index in [1.165, 1.54) is 5.37 Å². The van der Waals surface area contributed by atoms with Gasteiger partial charge in [0.05, 0.1) is 19.8 Å². The summed E-state index contributed by atoms with van der Waals surface area (Å²) in [5.41, 5.74) is 3.22. The Bertz CT molecular complexity index is 778. The van der Waals surface area contributed by atoms with E-state index in [9.17, 15) is 4.79 Å². The molecule has 0 amide bonds. The molecule has 6 heteroatoms. The summed E-state index contributed by atoms with van der Waals surface area (Å²) < 4.78 is 10.8. The molecule has 124 valence electrons. The topological polar surface area (TPSA) is 60.5 Å². The van der Waals surface area contributed by atoms with Crippen LogP contribution in [0, 0.1) is 0 Å². The Morgan fingerprint density at radius 1 is 1.25 bits per heavy atom. The second kappa shape index (κ2) is 7.70. The monoisotopic (exact) mass is 342 g/mol. The van der Waals surface area contributed by atoms with E-state index in [2.05, 4.69) is 16.9 Å². The van der Waals surface area contributed by atoms with Crippen molar-refractivity contribution in [3.8, 4) is 11.5 Å². The number of methoxy groups -OCH3 is 2. The number of nitrogens with zero attached hydrogens (tertiary/aromatic N) is 1. The first kappa shape index (κ1) is 17.6. The first-order valence-electron chi connectivity index (χ1n) is 7.13. The fourth-order valence-corrected chi connectivity index (χ4v) is 2.57. The zero-order valence-corrected chi connectivity index (χ0v) is 14.6. The molecule has 0 radical (unpaired) electrons. The van der Waals surface area contributed by atoms with Crippen molar-refractivity contribution in [1.29, 1.82) is 0 Å². The molecule has 0 aliphatic rings. The maximum absolute atomic E-state index is 11.4. The summed E-state index contributed by atoms with van der Waals surface area (Å²) in [5.74, 6) is 1.76. The lowest BCUT2D eigenvalue weighted by Gasteiger charge is -2.15. The van der Waals surface area contributed by atoms with Gasteiger partial charge >= 0.3 is 0 Å². The molecule has 2 aromatic rings. The van der Waals surface area contributed by atoms with Gasteiger partial charge in [0, 0.05) is 29.7 Å². The van der Waals surface area contributed by atoms with E-state index < -0.39 is 0 Å². The third-order valence-corrected chi connectivity index (χ3v) is 3.89. The van der Waals surface area contributed by atoms with Crippen LogP contribution in [-0.4, -0.2) is 37.9 Å². The number of carbonyl (C=O) groups is 1. The molecule has 0 spiro atoms. The number of pyridine rings is 1. The van der Waals surface area contributed by atoms with E-state index in [4.69, 9.17) is 21.7 Å². The summed E-state index contributed by atoms with van der Waals surface area (Å²) in [6.45, 7) is 4.10. The van der Waals surface area contributed by atoms with Gasteiger partial charge in [-0.2, -0.15) is 0 Å². The molecule has 24 heavy (non-hydrogen) atoms. The van der Waals surface area contributed by atoms with Gasteiger partial charge in [0.1, 0.15) is 17.3 Å². The van der Waals surface area contributed by atoms with Gasteiger partial charge in [0.15, 0.2) is 6.29 Å². The summed E-state index contributed by atoms with van der Waals surface area (Å²) in [6, 6.07) is 5.29. The molecule has 0 fully saturated rings. The highest BCUT2D eigenvalue weighted by Gasteiger charge is 2.15. The van der Waals surface area contributed by atoms with Gasteiger partial charge in [-0.3, -0.25) is 4.79 Å². The molecular weight excluding hydrogens is 324 g/mol. The van der Waals surface area contributed by atoms with Gasteiger partial charge in [0.25, 0.3) is 0 Å². The van der Waals surface area contributed by atoms with E-state index in [0.29, 0.717) is 39.6 Å². The van der Waals surface area contributed by atoms with Crippen LogP contribution in [-0.2, 0) is 0 Å². The van der Waals surface area contributed by atoms with Gasteiger partial charge in [-0.15, -0.1) is 0 Å². The molecule has 0 unspecified atom stereocenters. The minimum atomic E-state index is 0.496. The molecule has 1 aromatic heterocycles. The summed E-state index contributed by atoms with van der Waals surface area (Å²) in [4.78, 5) is 15.7. The molecule has 0 saturated carbocycles. The van der Waals surface area contributed by atoms with Crippen molar-refractivity contribution < 1.29 is 14.3 Å². The Hall–Kier alpha value is -2.73. The number of hydrogen-bond acceptors (Lipinski definition) is 6. The number of benzene rings is 1. The van der Waals surface area contributed by atoms with Crippen molar-refractivity contribution in [3.63, 3.8) is 0 Å². The molecule has 5 nitrogen and oxygen atoms in total. The highest BCUT2D eigenvalue weighted by molar-refractivity contribution is 7.79. The van der Waals surface area contributed by atoms with Crippen molar-refractivity contribution in [2.75, 3.05) is 26.6 Å². The van der Waals surface area contributed by atoms with Crippen LogP contribution in [0.3, 0.4) is 0 Å². The Morgan fingerprint density at radius 2 is 1.88 bits per heavy atom. The molecular formula is C18H18N2O3S. The molecule has 1 heterocycles. The summed E-state index contributed by atoms with van der Waals surface area (Å²) in [6.07, 6.45) is 2.40. The Morgan fingerprint density at radius 3 is 2.33 bits per heavy atom. The highest BCUT2D eigenvalue weighted by Crippen LogP contribution is 2.34. The molecule has 2 rings (SSSR count). The number of anilines is 1. The maximum atomic E-state index is 11.4. The van der Waals surface area contributed by atoms with Crippen molar-refractivity contribution in [2.24, 2.45) is 0 Å². The van der Waals surface area contributed by atoms with Gasteiger partial charge in [-0.1, -0.05) is 18.8 Å². The average molecular weight is 342 g/mol. The van der Waals surface area contributed by atoms with Gasteiger partial charge in [0.2, 0.25) is 0 Å². The molecule has 1 aromatic carbocycles. The Labute approximate surface area is 146 Å². The second-order valence-corrected chi connectivity index (χ2v) is 5.15. The first-order valence-corrected chi connectivity index (χ1v) is 7.60. The number of aldehydes is 1. The summed E-state index contributed by atoms with van der Waals surface area (Å²) >= 11 is 5.03. The number of aromatic nitrogens is 1. The fourth-order valence-electron chi connectivity index (χ4n) is 2.34. The van der Waals surface area contributed by atoms with E-state index >= 15 is 0 Å². The van der Waals surface area contributed by atoms with Crippen LogP contribution in [0.4, 0.5) is 5.82 Å². The molecule has 0 aliphatic carbocycles. The van der Waals surface area contributed by atoms with Crippen LogP contribution < -0.4 is 14.8 Å². The number of hydrogen-bond donors (Lipinski definition) is 1. The molecule has 0 bridgehead atoms. The zero-order valence-electron chi connectivity index (χ0n) is 13.8. The van der Waals surface area contributed by atoms with Gasteiger partial charge in [-0.05, 0) is 29.3 Å².